The summed E-state index contributed by atoms with van der Waals surface area (Å²) in [7, 11) is 0. The molecule has 0 aliphatic rings. The third kappa shape index (κ3) is 3.19. The van der Waals surface area contributed by atoms with E-state index < -0.39 is 0 Å². The fraction of sp³-hybridized carbons (Fsp3) is 0.100. The van der Waals surface area contributed by atoms with E-state index in [4.69, 9.17) is 4.42 Å². The van der Waals surface area contributed by atoms with Crippen LogP contribution in [0.1, 0.15) is 28.3 Å². The Bertz CT molecular complexity index is 989. The number of benzene rings is 1. The van der Waals surface area contributed by atoms with Gasteiger partial charge < -0.3 is 9.73 Å². The lowest BCUT2D eigenvalue weighted by atomic mass is 10.2. The van der Waals surface area contributed by atoms with Crippen LogP contribution in [0.25, 0.3) is 17.1 Å². The second-order valence-electron chi connectivity index (χ2n) is 5.85. The Morgan fingerprint density at radius 2 is 2.00 bits per heavy atom. The number of carbonyl (C=O) groups excluding carboxylic acids is 1. The van der Waals surface area contributed by atoms with Gasteiger partial charge in [-0.3, -0.25) is 4.79 Å². The molecule has 0 aliphatic carbocycles. The number of thiophene rings is 1. The van der Waals surface area contributed by atoms with Gasteiger partial charge in [-0.15, -0.1) is 11.3 Å². The van der Waals surface area contributed by atoms with Crippen molar-refractivity contribution in [3.63, 3.8) is 0 Å². The van der Waals surface area contributed by atoms with Crippen molar-refractivity contribution >= 4 is 17.2 Å². The van der Waals surface area contributed by atoms with Crippen LogP contribution in [-0.2, 0) is 0 Å². The van der Waals surface area contributed by atoms with Crippen molar-refractivity contribution in [2.45, 2.75) is 13.0 Å². The molecule has 3 aromatic heterocycles. The number of hydrogen-bond donors (Lipinski definition) is 1. The predicted molar refractivity (Wildman–Crippen MR) is 101 cm³/mol. The van der Waals surface area contributed by atoms with E-state index in [1.807, 2.05) is 60.8 Å². The van der Waals surface area contributed by atoms with E-state index in [1.165, 1.54) is 0 Å². The second kappa shape index (κ2) is 7.01. The molecule has 130 valence electrons. The number of hydrogen-bond acceptors (Lipinski definition) is 4. The zero-order valence-corrected chi connectivity index (χ0v) is 14.9. The molecule has 1 aromatic carbocycles. The summed E-state index contributed by atoms with van der Waals surface area (Å²) in [5, 5.41) is 9.63. The van der Waals surface area contributed by atoms with Gasteiger partial charge in [-0.1, -0.05) is 24.3 Å². The molecular weight excluding hydrogens is 346 g/mol. The topological polar surface area (TPSA) is 60.1 Å². The van der Waals surface area contributed by atoms with Gasteiger partial charge in [0, 0.05) is 10.9 Å². The fourth-order valence-corrected chi connectivity index (χ4v) is 3.47. The highest BCUT2D eigenvalue weighted by Crippen LogP contribution is 2.23. The third-order valence-electron chi connectivity index (χ3n) is 4.03. The molecule has 1 N–H and O–H groups in total. The van der Waals surface area contributed by atoms with Gasteiger partial charge in [0.25, 0.3) is 5.91 Å². The molecule has 0 aliphatic heterocycles. The Morgan fingerprint density at radius 3 is 2.69 bits per heavy atom. The first-order valence-electron chi connectivity index (χ1n) is 8.26. The summed E-state index contributed by atoms with van der Waals surface area (Å²) < 4.78 is 7.08. The molecule has 5 nitrogen and oxygen atoms in total. The lowest BCUT2D eigenvalue weighted by Gasteiger charge is -2.13. The van der Waals surface area contributed by atoms with E-state index in [0.717, 1.165) is 10.6 Å². The summed E-state index contributed by atoms with van der Waals surface area (Å²) in [6.07, 6.45) is 1.59. The van der Waals surface area contributed by atoms with Gasteiger partial charge in [0.15, 0.2) is 5.76 Å². The van der Waals surface area contributed by atoms with Gasteiger partial charge in [0.2, 0.25) is 0 Å². The van der Waals surface area contributed by atoms with Crippen LogP contribution in [0.2, 0.25) is 0 Å². The molecule has 4 aromatic rings. The Labute approximate surface area is 154 Å². The highest BCUT2D eigenvalue weighted by Gasteiger charge is 2.20. The average Bonchev–Trinajstić information content (AvgIpc) is 3.43. The number of nitrogens with one attached hydrogen (secondary N) is 1. The normalized spacial score (nSPS) is 12.0. The fourth-order valence-electron chi connectivity index (χ4n) is 2.73. The van der Waals surface area contributed by atoms with Crippen molar-refractivity contribution in [2.24, 2.45) is 0 Å². The molecule has 3 heterocycles. The van der Waals surface area contributed by atoms with E-state index in [2.05, 4.69) is 10.4 Å². The number of nitrogens with zero attached hydrogens (tertiary/aromatic N) is 2. The molecule has 0 radical (unpaired) electrons. The van der Waals surface area contributed by atoms with E-state index in [1.54, 1.807) is 34.4 Å². The van der Waals surface area contributed by atoms with Crippen molar-refractivity contribution in [3.8, 4) is 17.1 Å². The van der Waals surface area contributed by atoms with Crippen molar-refractivity contribution in [2.75, 3.05) is 0 Å². The van der Waals surface area contributed by atoms with Crippen LogP contribution in [0.4, 0.5) is 0 Å². The summed E-state index contributed by atoms with van der Waals surface area (Å²) in [5.41, 5.74) is 1.90. The van der Waals surface area contributed by atoms with Gasteiger partial charge in [0.05, 0.1) is 18.0 Å². The zero-order valence-electron chi connectivity index (χ0n) is 14.1. The molecule has 0 saturated heterocycles. The summed E-state index contributed by atoms with van der Waals surface area (Å²) in [5.74, 6) is 0.445. The van der Waals surface area contributed by atoms with Gasteiger partial charge in [0.1, 0.15) is 11.4 Å². The minimum absolute atomic E-state index is 0.0753. The summed E-state index contributed by atoms with van der Waals surface area (Å²) >= 11 is 1.62. The largest absolute Gasteiger partial charge is 0.463 e. The van der Waals surface area contributed by atoms with Gasteiger partial charge >= 0.3 is 0 Å². The monoisotopic (exact) mass is 363 g/mol. The lowest BCUT2D eigenvalue weighted by Crippen LogP contribution is -2.28. The van der Waals surface area contributed by atoms with Crippen molar-refractivity contribution in [1.82, 2.24) is 15.1 Å². The smallest absolute Gasteiger partial charge is 0.270 e. The van der Waals surface area contributed by atoms with E-state index >= 15 is 0 Å². The van der Waals surface area contributed by atoms with Crippen LogP contribution in [0.15, 0.2) is 76.7 Å². The first-order chi connectivity index (χ1) is 12.7. The molecule has 0 fully saturated rings. The number of para-hydroxylation sites is 1. The molecule has 0 bridgehead atoms. The SMILES string of the molecule is C[C@H](NC(=O)c1cc(-c2ccco2)nn1-c1ccccc1)c1cccs1. The van der Waals surface area contributed by atoms with Crippen molar-refractivity contribution in [1.29, 1.82) is 0 Å². The number of carbonyl (C=O) groups is 1. The van der Waals surface area contributed by atoms with Crippen molar-refractivity contribution < 1.29 is 9.21 Å². The molecule has 0 unspecified atom stereocenters. The third-order valence-corrected chi connectivity index (χ3v) is 5.09. The first kappa shape index (κ1) is 16.4. The molecule has 1 amide bonds. The first-order valence-corrected chi connectivity index (χ1v) is 9.14. The van der Waals surface area contributed by atoms with Gasteiger partial charge in [-0.25, -0.2) is 4.68 Å². The number of rotatable bonds is 5. The number of furan rings is 1. The van der Waals surface area contributed by atoms with Crippen LogP contribution in [0.5, 0.6) is 0 Å². The molecule has 1 atom stereocenters. The molecular formula is C20H17N3O2S. The van der Waals surface area contributed by atoms with E-state index in [9.17, 15) is 4.79 Å². The van der Waals surface area contributed by atoms with Crippen LogP contribution in [0, 0.1) is 0 Å². The maximum absolute atomic E-state index is 12.9. The molecule has 26 heavy (non-hydrogen) atoms. The number of aromatic nitrogens is 2. The zero-order chi connectivity index (χ0) is 17.9. The van der Waals surface area contributed by atoms with Crippen LogP contribution in [-0.4, -0.2) is 15.7 Å². The summed E-state index contributed by atoms with van der Waals surface area (Å²) in [6, 6.07) is 18.9. The van der Waals surface area contributed by atoms with Crippen LogP contribution < -0.4 is 5.32 Å². The standard InChI is InChI=1S/C20H17N3O2S/c1-14(19-10-6-12-26-19)21-20(24)17-13-16(18-9-5-11-25-18)22-23(17)15-7-3-2-4-8-15/h2-14H,1H3,(H,21,24)/t14-/m0/s1. The summed E-state index contributed by atoms with van der Waals surface area (Å²) in [6.45, 7) is 1.97. The van der Waals surface area contributed by atoms with E-state index in [-0.39, 0.29) is 11.9 Å². The Morgan fingerprint density at radius 1 is 1.15 bits per heavy atom. The predicted octanol–water partition coefficient (Wildman–Crippen LogP) is 4.68. The Balaban J connectivity index is 1.70. The molecule has 0 spiro atoms. The molecule has 4 rings (SSSR count). The highest BCUT2D eigenvalue weighted by atomic mass is 32.1. The van der Waals surface area contributed by atoms with Crippen LogP contribution in [0.3, 0.4) is 0 Å². The second-order valence-corrected chi connectivity index (χ2v) is 6.83. The highest BCUT2D eigenvalue weighted by molar-refractivity contribution is 7.10. The average molecular weight is 363 g/mol. The summed E-state index contributed by atoms with van der Waals surface area (Å²) in [4.78, 5) is 14.0. The quantitative estimate of drug-likeness (QED) is 0.560. The Hall–Kier alpha value is -3.12. The van der Waals surface area contributed by atoms with Gasteiger partial charge in [-0.2, -0.15) is 5.10 Å². The van der Waals surface area contributed by atoms with E-state index in [0.29, 0.717) is 17.1 Å². The maximum atomic E-state index is 12.9. The maximum Gasteiger partial charge on any atom is 0.270 e. The number of amides is 1. The minimum atomic E-state index is -0.181. The Kier molecular flexibility index (Phi) is 4.41. The molecule has 6 heteroatoms. The van der Waals surface area contributed by atoms with Gasteiger partial charge in [-0.05, 0) is 42.6 Å². The lowest BCUT2D eigenvalue weighted by molar-refractivity contribution is 0.0932. The molecule has 0 saturated carbocycles. The van der Waals surface area contributed by atoms with Crippen molar-refractivity contribution in [3.05, 3.63) is 82.9 Å². The minimum Gasteiger partial charge on any atom is -0.463 e. The van der Waals surface area contributed by atoms with Crippen LogP contribution >= 0.6 is 11.3 Å².